The Labute approximate surface area is 177 Å². The predicted molar refractivity (Wildman–Crippen MR) is 114 cm³/mol. The summed E-state index contributed by atoms with van der Waals surface area (Å²) < 4.78 is 29.7. The zero-order valence-electron chi connectivity index (χ0n) is 17.2. The summed E-state index contributed by atoms with van der Waals surface area (Å²) in [6.45, 7) is 6.47. The summed E-state index contributed by atoms with van der Waals surface area (Å²) in [5, 5.41) is 4.17. The number of piperazine rings is 1. The molecule has 5 rings (SSSR count). The molecule has 1 atom stereocenters. The Hall–Kier alpha value is -3.46. The number of nitrogens with zero attached hydrogens (tertiary/aromatic N) is 6. The molecule has 31 heavy (non-hydrogen) atoms. The first-order chi connectivity index (χ1) is 15.0. The van der Waals surface area contributed by atoms with Gasteiger partial charge in [-0.2, -0.15) is 0 Å². The number of rotatable bonds is 3. The molecule has 0 bridgehead atoms. The van der Waals surface area contributed by atoms with E-state index in [1.807, 2.05) is 6.92 Å². The molecule has 4 heterocycles. The van der Waals surface area contributed by atoms with Crippen LogP contribution in [0.4, 0.5) is 14.6 Å². The van der Waals surface area contributed by atoms with E-state index >= 15 is 0 Å². The average molecular weight is 421 g/mol. The molecule has 1 aliphatic heterocycles. The number of nitrogens with one attached hydrogen (secondary N) is 1. The molecule has 0 saturated carbocycles. The molecule has 158 valence electrons. The predicted octanol–water partition coefficient (Wildman–Crippen LogP) is 3.26. The Morgan fingerprint density at radius 3 is 2.55 bits per heavy atom. The third-order valence-electron chi connectivity index (χ3n) is 5.60. The summed E-state index contributed by atoms with van der Waals surface area (Å²) in [6.07, 6.45) is 6.56. The SMILES string of the molecule is Cc1nccnc1-c1cn(-c2cc(F)cc(F)c2)c2ncnc(N3CCNC[C@@H]3C)c12. The fourth-order valence-corrected chi connectivity index (χ4v) is 4.15. The van der Waals surface area contributed by atoms with E-state index in [1.165, 1.54) is 18.5 Å². The van der Waals surface area contributed by atoms with Crippen molar-refractivity contribution in [2.24, 2.45) is 0 Å². The van der Waals surface area contributed by atoms with Crippen molar-refractivity contribution in [3.63, 3.8) is 0 Å². The van der Waals surface area contributed by atoms with Crippen molar-refractivity contribution in [1.29, 1.82) is 0 Å². The molecule has 1 aliphatic rings. The van der Waals surface area contributed by atoms with Gasteiger partial charge in [0.25, 0.3) is 0 Å². The molecule has 1 fully saturated rings. The molecular formula is C22H21F2N7. The quantitative estimate of drug-likeness (QED) is 0.548. The van der Waals surface area contributed by atoms with Crippen LogP contribution >= 0.6 is 0 Å². The average Bonchev–Trinajstić information content (AvgIpc) is 3.14. The van der Waals surface area contributed by atoms with Gasteiger partial charge < -0.3 is 14.8 Å². The molecule has 3 aromatic heterocycles. The molecule has 0 unspecified atom stereocenters. The van der Waals surface area contributed by atoms with Crippen LogP contribution in [0.15, 0.2) is 43.1 Å². The third-order valence-corrected chi connectivity index (χ3v) is 5.60. The van der Waals surface area contributed by atoms with Gasteiger partial charge in [0.05, 0.1) is 22.5 Å². The van der Waals surface area contributed by atoms with Crippen LogP contribution < -0.4 is 10.2 Å². The van der Waals surface area contributed by atoms with Crippen LogP contribution in [0.25, 0.3) is 28.0 Å². The Balaban J connectivity index is 1.82. The lowest BCUT2D eigenvalue weighted by Gasteiger charge is -2.35. The monoisotopic (exact) mass is 421 g/mol. The van der Waals surface area contributed by atoms with Crippen LogP contribution in [0, 0.1) is 18.6 Å². The lowest BCUT2D eigenvalue weighted by atomic mass is 10.1. The zero-order chi connectivity index (χ0) is 21.5. The van der Waals surface area contributed by atoms with Gasteiger partial charge in [-0.25, -0.2) is 18.7 Å². The molecular weight excluding hydrogens is 400 g/mol. The number of aryl methyl sites for hydroxylation is 1. The van der Waals surface area contributed by atoms with Gasteiger partial charge in [0.1, 0.15) is 23.8 Å². The fourth-order valence-electron chi connectivity index (χ4n) is 4.15. The number of benzene rings is 1. The molecule has 1 saturated heterocycles. The minimum Gasteiger partial charge on any atom is -0.351 e. The highest BCUT2D eigenvalue weighted by atomic mass is 19.1. The van der Waals surface area contributed by atoms with Crippen molar-refractivity contribution in [2.75, 3.05) is 24.5 Å². The molecule has 4 aromatic rings. The highest BCUT2D eigenvalue weighted by Crippen LogP contribution is 2.37. The number of hydrogen-bond acceptors (Lipinski definition) is 6. The van der Waals surface area contributed by atoms with E-state index < -0.39 is 11.6 Å². The van der Waals surface area contributed by atoms with Gasteiger partial charge in [-0.1, -0.05) is 0 Å². The van der Waals surface area contributed by atoms with Gasteiger partial charge in [-0.3, -0.25) is 9.97 Å². The standard InChI is InChI=1S/C22H21F2N7/c1-13-10-25-5-6-30(13)21-19-18(20-14(2)26-3-4-27-20)11-31(22(19)29-12-28-21)17-8-15(23)7-16(24)9-17/h3-4,7-9,11-13,25H,5-6,10H2,1-2H3/t13-/m0/s1. The largest absolute Gasteiger partial charge is 0.351 e. The summed E-state index contributed by atoms with van der Waals surface area (Å²) >= 11 is 0. The Bertz CT molecular complexity index is 1250. The van der Waals surface area contributed by atoms with E-state index in [9.17, 15) is 8.78 Å². The maximum atomic E-state index is 14.0. The highest BCUT2D eigenvalue weighted by molar-refractivity contribution is 6.02. The van der Waals surface area contributed by atoms with Gasteiger partial charge in [-0.05, 0) is 26.0 Å². The van der Waals surface area contributed by atoms with E-state index in [-0.39, 0.29) is 6.04 Å². The Kier molecular flexibility index (Phi) is 4.82. The lowest BCUT2D eigenvalue weighted by Crippen LogP contribution is -2.50. The van der Waals surface area contributed by atoms with Crippen LogP contribution in [0.1, 0.15) is 12.6 Å². The molecule has 0 amide bonds. The summed E-state index contributed by atoms with van der Waals surface area (Å²) in [6, 6.07) is 3.64. The van der Waals surface area contributed by atoms with Crippen molar-refractivity contribution < 1.29 is 8.78 Å². The van der Waals surface area contributed by atoms with Crippen molar-refractivity contribution >= 4 is 16.9 Å². The normalized spacial score (nSPS) is 16.8. The molecule has 1 aromatic carbocycles. The van der Waals surface area contributed by atoms with Gasteiger partial charge in [0, 0.05) is 55.9 Å². The first kappa shape index (κ1) is 19.5. The topological polar surface area (TPSA) is 71.8 Å². The minimum absolute atomic E-state index is 0.220. The van der Waals surface area contributed by atoms with Crippen LogP contribution in [0.2, 0.25) is 0 Å². The Morgan fingerprint density at radius 1 is 1.03 bits per heavy atom. The Morgan fingerprint density at radius 2 is 1.81 bits per heavy atom. The molecule has 0 aliphatic carbocycles. The van der Waals surface area contributed by atoms with Gasteiger partial charge >= 0.3 is 0 Å². The summed E-state index contributed by atoms with van der Waals surface area (Å²) in [4.78, 5) is 20.2. The van der Waals surface area contributed by atoms with E-state index in [4.69, 9.17) is 0 Å². The fraction of sp³-hybridized carbons (Fsp3) is 0.273. The highest BCUT2D eigenvalue weighted by Gasteiger charge is 2.26. The van der Waals surface area contributed by atoms with Crippen molar-refractivity contribution in [3.8, 4) is 16.9 Å². The summed E-state index contributed by atoms with van der Waals surface area (Å²) in [5.41, 5.74) is 3.10. The number of anilines is 1. The van der Waals surface area contributed by atoms with Crippen LogP contribution in [0.5, 0.6) is 0 Å². The maximum Gasteiger partial charge on any atom is 0.150 e. The van der Waals surface area contributed by atoms with Crippen molar-refractivity contribution in [2.45, 2.75) is 19.9 Å². The van der Waals surface area contributed by atoms with Gasteiger partial charge in [-0.15, -0.1) is 0 Å². The number of fused-ring (bicyclic) bond motifs is 1. The van der Waals surface area contributed by atoms with E-state index in [0.717, 1.165) is 48.2 Å². The molecule has 1 N–H and O–H groups in total. The maximum absolute atomic E-state index is 14.0. The van der Waals surface area contributed by atoms with Crippen molar-refractivity contribution in [3.05, 3.63) is 60.4 Å². The second-order valence-corrected chi connectivity index (χ2v) is 7.67. The van der Waals surface area contributed by atoms with E-state index in [2.05, 4.69) is 37.1 Å². The van der Waals surface area contributed by atoms with Crippen LogP contribution in [-0.2, 0) is 0 Å². The van der Waals surface area contributed by atoms with E-state index in [0.29, 0.717) is 17.0 Å². The van der Waals surface area contributed by atoms with E-state index in [1.54, 1.807) is 23.2 Å². The zero-order valence-corrected chi connectivity index (χ0v) is 17.2. The molecule has 7 nitrogen and oxygen atoms in total. The van der Waals surface area contributed by atoms with Crippen molar-refractivity contribution in [1.82, 2.24) is 29.8 Å². The molecule has 0 radical (unpaired) electrons. The summed E-state index contributed by atoms with van der Waals surface area (Å²) in [7, 11) is 0. The second-order valence-electron chi connectivity index (χ2n) is 7.67. The summed E-state index contributed by atoms with van der Waals surface area (Å²) in [5.74, 6) is -0.534. The molecule has 9 heteroatoms. The van der Waals surface area contributed by atoms with Crippen LogP contribution in [0.3, 0.4) is 0 Å². The van der Waals surface area contributed by atoms with Gasteiger partial charge in [0.2, 0.25) is 0 Å². The number of halogens is 2. The minimum atomic E-state index is -0.654. The lowest BCUT2D eigenvalue weighted by molar-refractivity contribution is 0.498. The smallest absolute Gasteiger partial charge is 0.150 e. The van der Waals surface area contributed by atoms with Gasteiger partial charge in [0.15, 0.2) is 5.65 Å². The number of hydrogen-bond donors (Lipinski definition) is 1. The second kappa shape index (κ2) is 7.66. The first-order valence-electron chi connectivity index (χ1n) is 10.1. The first-order valence-corrected chi connectivity index (χ1v) is 10.1. The van der Waals surface area contributed by atoms with Crippen LogP contribution in [-0.4, -0.2) is 50.2 Å². The number of aromatic nitrogens is 5. The molecule has 0 spiro atoms. The third kappa shape index (κ3) is 3.40.